The van der Waals surface area contributed by atoms with Crippen molar-refractivity contribution in [3.63, 3.8) is 0 Å². The molecule has 0 aliphatic carbocycles. The molecule has 0 radical (unpaired) electrons. The number of hydrogen-bond donors (Lipinski definition) is 0. The highest BCUT2D eigenvalue weighted by molar-refractivity contribution is 5.67. The first-order chi connectivity index (χ1) is 5.20. The van der Waals surface area contributed by atoms with E-state index in [-0.39, 0.29) is 6.09 Å². The predicted octanol–water partition coefficient (Wildman–Crippen LogP) is 1.73. The molecule has 0 aromatic carbocycles. The lowest BCUT2D eigenvalue weighted by atomic mass is 10.2. The molecule has 66 valence electrons. The average Bonchev–Trinajstić information content (AvgIpc) is 2.02. The third kappa shape index (κ3) is 3.25. The molecule has 1 aliphatic rings. The van der Waals surface area contributed by atoms with Crippen LogP contribution in [-0.2, 0) is 4.74 Å². The van der Waals surface area contributed by atoms with Gasteiger partial charge in [-0.05, 0) is 0 Å². The van der Waals surface area contributed by atoms with E-state index < -0.39 is 0 Å². The van der Waals surface area contributed by atoms with Crippen molar-refractivity contribution in [3.05, 3.63) is 0 Å². The lowest BCUT2D eigenvalue weighted by molar-refractivity contribution is 0.0581. The van der Waals surface area contributed by atoms with Crippen LogP contribution in [0.4, 0.5) is 4.79 Å². The molecule has 3 heteroatoms. The lowest BCUT2D eigenvalue weighted by Gasteiger charge is -2.26. The van der Waals surface area contributed by atoms with Crippen LogP contribution in [0, 0.1) is 5.92 Å². The van der Waals surface area contributed by atoms with Crippen LogP contribution in [-0.4, -0.2) is 31.2 Å². The Morgan fingerprint density at radius 1 is 1.55 bits per heavy atom. The number of carbonyl (C=O) groups is 1. The summed E-state index contributed by atoms with van der Waals surface area (Å²) in [6, 6.07) is 0. The first kappa shape index (κ1) is 10.3. The van der Waals surface area contributed by atoms with E-state index in [2.05, 4.69) is 6.92 Å². The summed E-state index contributed by atoms with van der Waals surface area (Å²) in [6.07, 6.45) is -0.201. The van der Waals surface area contributed by atoms with Crippen LogP contribution in [0.15, 0.2) is 0 Å². The van der Waals surface area contributed by atoms with Crippen molar-refractivity contribution in [2.75, 3.05) is 20.2 Å². The monoisotopic (exact) mass is 159 g/mol. The fraction of sp³-hybridized carbons (Fsp3) is 0.875. The van der Waals surface area contributed by atoms with Gasteiger partial charge in [-0.2, -0.15) is 0 Å². The van der Waals surface area contributed by atoms with Crippen molar-refractivity contribution in [1.29, 1.82) is 0 Å². The molecule has 0 aromatic heterocycles. The van der Waals surface area contributed by atoms with Crippen LogP contribution in [0.2, 0.25) is 0 Å². The second kappa shape index (κ2) is 4.99. The van der Waals surface area contributed by atoms with Gasteiger partial charge < -0.3 is 9.64 Å². The van der Waals surface area contributed by atoms with E-state index in [1.807, 2.05) is 13.8 Å². The normalized spacial score (nSPS) is 23.5. The Morgan fingerprint density at radius 3 is 2.45 bits per heavy atom. The molecular formula is C8H17NO2. The predicted molar refractivity (Wildman–Crippen MR) is 44.5 cm³/mol. The van der Waals surface area contributed by atoms with E-state index in [0.29, 0.717) is 12.5 Å². The van der Waals surface area contributed by atoms with E-state index in [0.717, 1.165) is 6.54 Å². The summed E-state index contributed by atoms with van der Waals surface area (Å²) in [5, 5.41) is 0. The van der Waals surface area contributed by atoms with E-state index in [1.165, 1.54) is 0 Å². The second-order valence-electron chi connectivity index (χ2n) is 2.56. The second-order valence-corrected chi connectivity index (χ2v) is 2.56. The largest absolute Gasteiger partial charge is 0.449 e. The van der Waals surface area contributed by atoms with Gasteiger partial charge in [-0.25, -0.2) is 4.79 Å². The van der Waals surface area contributed by atoms with Crippen LogP contribution in [0.5, 0.6) is 0 Å². The maximum Gasteiger partial charge on any atom is 0.409 e. The molecular weight excluding hydrogens is 142 g/mol. The molecule has 0 bridgehead atoms. The summed E-state index contributed by atoms with van der Waals surface area (Å²) in [5.41, 5.74) is 0. The summed E-state index contributed by atoms with van der Waals surface area (Å²) in [5.74, 6) is 0.479. The Hall–Kier alpha value is -0.730. The Bertz CT molecular complexity index is 125. The molecule has 3 nitrogen and oxygen atoms in total. The van der Waals surface area contributed by atoms with Crippen LogP contribution in [0.25, 0.3) is 0 Å². The molecule has 1 heterocycles. The van der Waals surface area contributed by atoms with Gasteiger partial charge in [-0.3, -0.25) is 0 Å². The smallest absolute Gasteiger partial charge is 0.409 e. The first-order valence-corrected chi connectivity index (χ1v) is 4.08. The van der Waals surface area contributed by atoms with Gasteiger partial charge in [0.05, 0.1) is 6.61 Å². The standard InChI is InChI=1S/C6H11NO2.C2H6/c1-5-3-7(2)6(8)9-4-5;1-2/h5H,3-4H2,1-2H3;1-2H3. The summed E-state index contributed by atoms with van der Waals surface area (Å²) < 4.78 is 4.79. The van der Waals surface area contributed by atoms with Crippen LogP contribution < -0.4 is 0 Å². The van der Waals surface area contributed by atoms with Gasteiger partial charge in [-0.1, -0.05) is 20.8 Å². The van der Waals surface area contributed by atoms with Crippen molar-refractivity contribution >= 4 is 6.09 Å². The fourth-order valence-corrected chi connectivity index (χ4v) is 0.918. The number of carbonyl (C=O) groups excluding carboxylic acids is 1. The maximum absolute atomic E-state index is 10.6. The Labute approximate surface area is 68.3 Å². The minimum Gasteiger partial charge on any atom is -0.449 e. The third-order valence-corrected chi connectivity index (χ3v) is 1.39. The lowest BCUT2D eigenvalue weighted by Crippen LogP contribution is -2.39. The van der Waals surface area contributed by atoms with Gasteiger partial charge in [0.1, 0.15) is 0 Å². The Balaban J connectivity index is 0.000000461. The summed E-state index contributed by atoms with van der Waals surface area (Å²) in [7, 11) is 1.75. The van der Waals surface area contributed by atoms with E-state index in [9.17, 15) is 4.79 Å². The number of nitrogens with zero attached hydrogens (tertiary/aromatic N) is 1. The molecule has 1 atom stereocenters. The van der Waals surface area contributed by atoms with Crippen LogP contribution in [0.1, 0.15) is 20.8 Å². The van der Waals surface area contributed by atoms with Crippen molar-refractivity contribution in [3.8, 4) is 0 Å². The highest BCUT2D eigenvalue weighted by Crippen LogP contribution is 2.07. The zero-order chi connectivity index (χ0) is 8.85. The molecule has 1 unspecified atom stereocenters. The molecule has 11 heavy (non-hydrogen) atoms. The first-order valence-electron chi connectivity index (χ1n) is 4.08. The van der Waals surface area contributed by atoms with Crippen LogP contribution >= 0.6 is 0 Å². The molecule has 0 N–H and O–H groups in total. The number of cyclic esters (lactones) is 1. The minimum absolute atomic E-state index is 0.201. The molecule has 1 fully saturated rings. The van der Waals surface area contributed by atoms with Crippen molar-refractivity contribution in [2.45, 2.75) is 20.8 Å². The SMILES string of the molecule is CC.CC1COC(=O)N(C)C1. The van der Waals surface area contributed by atoms with Gasteiger partial charge in [0.15, 0.2) is 0 Å². The quantitative estimate of drug-likeness (QED) is 0.538. The molecule has 1 rings (SSSR count). The van der Waals surface area contributed by atoms with Gasteiger partial charge in [0, 0.05) is 19.5 Å². The fourth-order valence-electron chi connectivity index (χ4n) is 0.918. The average molecular weight is 159 g/mol. The topological polar surface area (TPSA) is 29.5 Å². The summed E-state index contributed by atoms with van der Waals surface area (Å²) >= 11 is 0. The van der Waals surface area contributed by atoms with Gasteiger partial charge in [0.25, 0.3) is 0 Å². The van der Waals surface area contributed by atoms with E-state index >= 15 is 0 Å². The van der Waals surface area contributed by atoms with Crippen molar-refractivity contribution in [1.82, 2.24) is 4.90 Å². The van der Waals surface area contributed by atoms with Crippen molar-refractivity contribution < 1.29 is 9.53 Å². The zero-order valence-corrected chi connectivity index (χ0v) is 7.76. The molecule has 1 aliphatic heterocycles. The summed E-state index contributed by atoms with van der Waals surface area (Å²) in [4.78, 5) is 12.2. The number of rotatable bonds is 0. The number of ether oxygens (including phenoxy) is 1. The zero-order valence-electron chi connectivity index (χ0n) is 7.76. The molecule has 0 spiro atoms. The minimum atomic E-state index is -0.201. The van der Waals surface area contributed by atoms with Gasteiger partial charge in [0.2, 0.25) is 0 Å². The molecule has 1 amide bonds. The Kier molecular flexibility index (Phi) is 4.66. The number of amides is 1. The van der Waals surface area contributed by atoms with Gasteiger partial charge in [-0.15, -0.1) is 0 Å². The maximum atomic E-state index is 10.6. The molecule has 0 aromatic rings. The highest BCUT2D eigenvalue weighted by Gasteiger charge is 2.19. The highest BCUT2D eigenvalue weighted by atomic mass is 16.6. The molecule has 1 saturated heterocycles. The van der Waals surface area contributed by atoms with E-state index in [4.69, 9.17) is 4.74 Å². The summed E-state index contributed by atoms with van der Waals surface area (Å²) in [6.45, 7) is 7.45. The van der Waals surface area contributed by atoms with Crippen molar-refractivity contribution in [2.24, 2.45) is 5.92 Å². The van der Waals surface area contributed by atoms with Gasteiger partial charge >= 0.3 is 6.09 Å². The third-order valence-electron chi connectivity index (χ3n) is 1.39. The van der Waals surface area contributed by atoms with Crippen LogP contribution in [0.3, 0.4) is 0 Å². The number of hydrogen-bond acceptors (Lipinski definition) is 2. The molecule has 0 saturated carbocycles. The van der Waals surface area contributed by atoms with E-state index in [1.54, 1.807) is 11.9 Å². The Morgan fingerprint density at radius 2 is 2.09 bits per heavy atom.